The molecule has 0 radical (unpaired) electrons. The van der Waals surface area contributed by atoms with Gasteiger partial charge in [-0.15, -0.1) is 5.10 Å². The summed E-state index contributed by atoms with van der Waals surface area (Å²) in [6, 6.07) is 10.4. The largest absolute Gasteiger partial charge is 0.358 e. The van der Waals surface area contributed by atoms with Crippen LogP contribution in [0.4, 0.5) is 17.5 Å². The molecule has 1 N–H and O–H groups in total. The first kappa shape index (κ1) is 18.8. The molecule has 140 valence electrons. The number of nitrogens with one attached hydrogen (secondary N) is 1. The molecule has 0 saturated heterocycles. The first-order chi connectivity index (χ1) is 13.2. The van der Waals surface area contributed by atoms with E-state index in [9.17, 15) is 0 Å². The van der Waals surface area contributed by atoms with Gasteiger partial charge in [0.2, 0.25) is 5.95 Å². The minimum absolute atomic E-state index is 0.527. The van der Waals surface area contributed by atoms with E-state index in [1.54, 1.807) is 6.20 Å². The SMILES string of the molecule is CCc1cccc(CC)c1Nc1nncc(N(C)CCc2ccncc2)n1. The molecule has 0 saturated carbocycles. The van der Waals surface area contributed by atoms with Crippen LogP contribution in [0.15, 0.2) is 48.9 Å². The van der Waals surface area contributed by atoms with Crippen molar-refractivity contribution in [1.82, 2.24) is 20.2 Å². The maximum Gasteiger partial charge on any atom is 0.249 e. The minimum atomic E-state index is 0.527. The van der Waals surface area contributed by atoms with Gasteiger partial charge in [0.1, 0.15) is 0 Å². The molecule has 0 aliphatic carbocycles. The molecule has 6 nitrogen and oxygen atoms in total. The Balaban J connectivity index is 1.74. The van der Waals surface area contributed by atoms with Crippen LogP contribution in [0.5, 0.6) is 0 Å². The first-order valence-corrected chi connectivity index (χ1v) is 9.38. The molecule has 0 bridgehead atoms. The maximum absolute atomic E-state index is 4.66. The summed E-state index contributed by atoms with van der Waals surface area (Å²) in [6.45, 7) is 5.15. The quantitative estimate of drug-likeness (QED) is 0.657. The summed E-state index contributed by atoms with van der Waals surface area (Å²) >= 11 is 0. The fourth-order valence-electron chi connectivity index (χ4n) is 3.01. The van der Waals surface area contributed by atoms with Gasteiger partial charge in [0.05, 0.1) is 6.20 Å². The second-order valence-corrected chi connectivity index (χ2v) is 6.45. The van der Waals surface area contributed by atoms with Gasteiger partial charge in [0.15, 0.2) is 5.82 Å². The molecule has 3 aromatic rings. The second-order valence-electron chi connectivity index (χ2n) is 6.45. The molecule has 3 rings (SSSR count). The van der Waals surface area contributed by atoms with E-state index in [2.05, 4.69) is 62.4 Å². The number of hydrogen-bond donors (Lipinski definition) is 1. The smallest absolute Gasteiger partial charge is 0.249 e. The van der Waals surface area contributed by atoms with Crippen molar-refractivity contribution in [3.63, 3.8) is 0 Å². The molecule has 0 atom stereocenters. The van der Waals surface area contributed by atoms with Gasteiger partial charge in [0, 0.05) is 31.7 Å². The Morgan fingerprint density at radius 1 is 1.00 bits per heavy atom. The number of likely N-dealkylation sites (N-methyl/N-ethyl adjacent to an activating group) is 1. The molecule has 1 aromatic carbocycles. The lowest BCUT2D eigenvalue weighted by atomic mass is 10.0. The lowest BCUT2D eigenvalue weighted by molar-refractivity contribution is 0.839. The third-order valence-corrected chi connectivity index (χ3v) is 4.66. The average Bonchev–Trinajstić information content (AvgIpc) is 2.73. The molecule has 2 heterocycles. The molecule has 6 heteroatoms. The van der Waals surface area contributed by atoms with E-state index in [-0.39, 0.29) is 0 Å². The summed E-state index contributed by atoms with van der Waals surface area (Å²) < 4.78 is 0. The number of nitrogens with zero attached hydrogens (tertiary/aromatic N) is 5. The Bertz CT molecular complexity index is 843. The summed E-state index contributed by atoms with van der Waals surface area (Å²) in [7, 11) is 2.02. The zero-order valence-corrected chi connectivity index (χ0v) is 16.2. The number of anilines is 3. The van der Waals surface area contributed by atoms with Crippen molar-refractivity contribution < 1.29 is 0 Å². The number of para-hydroxylation sites is 1. The molecule has 2 aromatic heterocycles. The van der Waals surface area contributed by atoms with Crippen LogP contribution in [0.25, 0.3) is 0 Å². The van der Waals surface area contributed by atoms with Crippen molar-refractivity contribution in [2.45, 2.75) is 33.1 Å². The van der Waals surface area contributed by atoms with Crippen molar-refractivity contribution in [1.29, 1.82) is 0 Å². The van der Waals surface area contributed by atoms with Gasteiger partial charge in [0.25, 0.3) is 0 Å². The van der Waals surface area contributed by atoms with Crippen molar-refractivity contribution in [2.75, 3.05) is 23.8 Å². The number of pyridine rings is 1. The van der Waals surface area contributed by atoms with E-state index in [1.807, 2.05) is 31.6 Å². The average molecular weight is 362 g/mol. The number of rotatable bonds is 8. The predicted octanol–water partition coefficient (Wildman–Crippen LogP) is 3.81. The molecule has 0 amide bonds. The summed E-state index contributed by atoms with van der Waals surface area (Å²) in [4.78, 5) is 10.8. The highest BCUT2D eigenvalue weighted by Gasteiger charge is 2.10. The van der Waals surface area contributed by atoms with Crippen LogP contribution in [-0.2, 0) is 19.3 Å². The Hall–Kier alpha value is -3.02. The highest BCUT2D eigenvalue weighted by molar-refractivity contribution is 5.64. The van der Waals surface area contributed by atoms with Gasteiger partial charge in [-0.2, -0.15) is 10.1 Å². The lowest BCUT2D eigenvalue weighted by Crippen LogP contribution is -2.22. The van der Waals surface area contributed by atoms with Crippen LogP contribution < -0.4 is 10.2 Å². The molecule has 0 aliphatic rings. The molecular weight excluding hydrogens is 336 g/mol. The van der Waals surface area contributed by atoms with Gasteiger partial charge in [-0.05, 0) is 48.1 Å². The zero-order chi connectivity index (χ0) is 19.1. The van der Waals surface area contributed by atoms with Crippen LogP contribution in [0.2, 0.25) is 0 Å². The van der Waals surface area contributed by atoms with Crippen molar-refractivity contribution >= 4 is 17.5 Å². The third kappa shape index (κ3) is 4.78. The third-order valence-electron chi connectivity index (χ3n) is 4.66. The van der Waals surface area contributed by atoms with Crippen molar-refractivity contribution in [3.05, 3.63) is 65.6 Å². The van der Waals surface area contributed by atoms with E-state index >= 15 is 0 Å². The molecule has 0 aliphatic heterocycles. The molecule has 0 fully saturated rings. The Morgan fingerprint density at radius 3 is 2.37 bits per heavy atom. The lowest BCUT2D eigenvalue weighted by Gasteiger charge is -2.19. The van der Waals surface area contributed by atoms with Crippen molar-refractivity contribution in [3.8, 4) is 0 Å². The minimum Gasteiger partial charge on any atom is -0.358 e. The number of hydrogen-bond acceptors (Lipinski definition) is 6. The van der Waals surface area contributed by atoms with Crippen LogP contribution in [0, 0.1) is 0 Å². The van der Waals surface area contributed by atoms with Gasteiger partial charge >= 0.3 is 0 Å². The summed E-state index contributed by atoms with van der Waals surface area (Å²) in [5.41, 5.74) is 4.87. The molecular formula is C21H26N6. The maximum atomic E-state index is 4.66. The second kappa shape index (κ2) is 9.07. The van der Waals surface area contributed by atoms with Crippen LogP contribution >= 0.6 is 0 Å². The fourth-order valence-corrected chi connectivity index (χ4v) is 3.01. The first-order valence-electron chi connectivity index (χ1n) is 9.38. The number of aromatic nitrogens is 4. The highest BCUT2D eigenvalue weighted by atomic mass is 15.3. The normalized spacial score (nSPS) is 10.6. The standard InChI is InChI=1S/C21H26N6/c1-4-17-7-6-8-18(5-2)20(17)25-21-24-19(15-23-26-21)27(3)14-11-16-9-12-22-13-10-16/h6-10,12-13,15H,4-5,11,14H2,1-3H3,(H,24,25,26). The molecule has 0 unspecified atom stereocenters. The van der Waals surface area contributed by atoms with E-state index in [1.165, 1.54) is 16.7 Å². The van der Waals surface area contributed by atoms with E-state index < -0.39 is 0 Å². The summed E-state index contributed by atoms with van der Waals surface area (Å²) in [5, 5.41) is 11.7. The van der Waals surface area contributed by atoms with Crippen molar-refractivity contribution in [2.24, 2.45) is 0 Å². The zero-order valence-electron chi connectivity index (χ0n) is 16.2. The van der Waals surface area contributed by atoms with Crippen LogP contribution in [-0.4, -0.2) is 33.8 Å². The predicted molar refractivity (Wildman–Crippen MR) is 110 cm³/mol. The molecule has 27 heavy (non-hydrogen) atoms. The fraction of sp³-hybridized carbons (Fsp3) is 0.333. The van der Waals surface area contributed by atoms with E-state index in [0.29, 0.717) is 5.95 Å². The monoisotopic (exact) mass is 362 g/mol. The van der Waals surface area contributed by atoms with E-state index in [4.69, 9.17) is 0 Å². The highest BCUT2D eigenvalue weighted by Crippen LogP contribution is 2.25. The topological polar surface area (TPSA) is 66.8 Å². The van der Waals surface area contributed by atoms with Gasteiger partial charge in [-0.25, -0.2) is 0 Å². The molecule has 0 spiro atoms. The van der Waals surface area contributed by atoms with Crippen LogP contribution in [0.1, 0.15) is 30.5 Å². The van der Waals surface area contributed by atoms with Crippen LogP contribution in [0.3, 0.4) is 0 Å². The van der Waals surface area contributed by atoms with Gasteiger partial charge in [-0.1, -0.05) is 32.0 Å². The van der Waals surface area contributed by atoms with Gasteiger partial charge < -0.3 is 10.2 Å². The number of aryl methyl sites for hydroxylation is 2. The van der Waals surface area contributed by atoms with Gasteiger partial charge in [-0.3, -0.25) is 4.98 Å². The Morgan fingerprint density at radius 2 is 1.70 bits per heavy atom. The van der Waals surface area contributed by atoms with E-state index in [0.717, 1.165) is 37.3 Å². The summed E-state index contributed by atoms with van der Waals surface area (Å²) in [5.74, 6) is 1.33. The Kier molecular flexibility index (Phi) is 6.30. The summed E-state index contributed by atoms with van der Waals surface area (Å²) in [6.07, 6.45) is 8.17. The number of benzene rings is 1. The Labute approximate surface area is 160 Å².